The monoisotopic (exact) mass is 320 g/mol. The molecule has 1 aromatic rings. The molecule has 0 aliphatic carbocycles. The van der Waals surface area contributed by atoms with Gasteiger partial charge in [-0.05, 0) is 19.1 Å². The van der Waals surface area contributed by atoms with E-state index in [2.05, 4.69) is 10.6 Å². The van der Waals surface area contributed by atoms with Gasteiger partial charge in [-0.25, -0.2) is 0 Å². The average molecular weight is 320 g/mol. The summed E-state index contributed by atoms with van der Waals surface area (Å²) in [6, 6.07) is 6.82. The maximum atomic E-state index is 12.1. The van der Waals surface area contributed by atoms with Gasteiger partial charge < -0.3 is 20.1 Å². The molecular formula is C17H24N2O4. The van der Waals surface area contributed by atoms with Gasteiger partial charge in [0.25, 0.3) is 0 Å². The van der Waals surface area contributed by atoms with E-state index in [9.17, 15) is 9.59 Å². The Morgan fingerprint density at radius 1 is 1.26 bits per heavy atom. The van der Waals surface area contributed by atoms with E-state index in [-0.39, 0.29) is 17.9 Å². The minimum Gasteiger partial charge on any atom is -0.486 e. The molecule has 6 heteroatoms. The van der Waals surface area contributed by atoms with Gasteiger partial charge in [-0.15, -0.1) is 0 Å². The zero-order valence-corrected chi connectivity index (χ0v) is 14.0. The van der Waals surface area contributed by atoms with Crippen molar-refractivity contribution in [3.8, 4) is 11.5 Å². The first kappa shape index (κ1) is 17.1. The molecule has 2 unspecified atom stereocenters. The molecule has 23 heavy (non-hydrogen) atoms. The van der Waals surface area contributed by atoms with Crippen molar-refractivity contribution in [1.82, 2.24) is 10.6 Å². The van der Waals surface area contributed by atoms with Crippen molar-refractivity contribution >= 4 is 11.8 Å². The highest BCUT2D eigenvalue weighted by atomic mass is 16.6. The number of para-hydroxylation sites is 2. The zero-order valence-electron chi connectivity index (χ0n) is 14.0. The third-order valence-corrected chi connectivity index (χ3v) is 3.49. The van der Waals surface area contributed by atoms with Gasteiger partial charge >= 0.3 is 0 Å². The topological polar surface area (TPSA) is 76.7 Å². The Hall–Kier alpha value is -2.24. The van der Waals surface area contributed by atoms with Gasteiger partial charge in [0.1, 0.15) is 18.8 Å². The SMILES string of the molecule is CC(NC(=O)C(C)(C)C)C(=O)NCC1COc2ccccc2O1. The molecule has 0 aromatic heterocycles. The highest BCUT2D eigenvalue weighted by Crippen LogP contribution is 2.30. The fourth-order valence-electron chi connectivity index (χ4n) is 2.01. The highest BCUT2D eigenvalue weighted by molar-refractivity contribution is 5.89. The van der Waals surface area contributed by atoms with Crippen molar-refractivity contribution in [3.05, 3.63) is 24.3 Å². The van der Waals surface area contributed by atoms with Crippen LogP contribution < -0.4 is 20.1 Å². The van der Waals surface area contributed by atoms with E-state index in [1.807, 2.05) is 24.3 Å². The standard InChI is InChI=1S/C17H24N2O4/c1-11(19-16(21)17(2,3)4)15(20)18-9-12-10-22-13-7-5-6-8-14(13)23-12/h5-8,11-12H,9-10H2,1-4H3,(H,18,20)(H,19,21). The van der Waals surface area contributed by atoms with Crippen molar-refractivity contribution in [2.24, 2.45) is 5.41 Å². The molecule has 0 bridgehead atoms. The van der Waals surface area contributed by atoms with Crippen LogP contribution in [0.3, 0.4) is 0 Å². The number of amides is 2. The summed E-state index contributed by atoms with van der Waals surface area (Å²) in [5, 5.41) is 5.48. The Labute approximate surface area is 136 Å². The van der Waals surface area contributed by atoms with Crippen LogP contribution >= 0.6 is 0 Å². The predicted molar refractivity (Wildman–Crippen MR) is 86.4 cm³/mol. The van der Waals surface area contributed by atoms with Crippen molar-refractivity contribution < 1.29 is 19.1 Å². The Bertz CT molecular complexity index is 580. The number of ether oxygens (including phenoxy) is 2. The van der Waals surface area contributed by atoms with Crippen LogP contribution in [-0.4, -0.2) is 37.1 Å². The van der Waals surface area contributed by atoms with E-state index < -0.39 is 11.5 Å². The summed E-state index contributed by atoms with van der Waals surface area (Å²) in [7, 11) is 0. The number of nitrogens with one attached hydrogen (secondary N) is 2. The van der Waals surface area contributed by atoms with Gasteiger partial charge in [0, 0.05) is 5.41 Å². The Balaban J connectivity index is 1.80. The summed E-state index contributed by atoms with van der Waals surface area (Å²) in [6.45, 7) is 7.77. The molecule has 0 radical (unpaired) electrons. The van der Waals surface area contributed by atoms with Crippen molar-refractivity contribution in [2.75, 3.05) is 13.2 Å². The van der Waals surface area contributed by atoms with Gasteiger partial charge in [0.2, 0.25) is 11.8 Å². The zero-order chi connectivity index (χ0) is 17.0. The summed E-state index contributed by atoms with van der Waals surface area (Å²) in [5.74, 6) is 0.976. The number of benzene rings is 1. The van der Waals surface area contributed by atoms with E-state index in [1.165, 1.54) is 0 Å². The predicted octanol–water partition coefficient (Wildman–Crippen LogP) is 1.49. The molecule has 6 nitrogen and oxygen atoms in total. The van der Waals surface area contributed by atoms with Crippen molar-refractivity contribution in [2.45, 2.75) is 39.8 Å². The minimum atomic E-state index is -0.599. The molecule has 0 fully saturated rings. The quantitative estimate of drug-likeness (QED) is 0.881. The second kappa shape index (κ2) is 6.89. The Morgan fingerprint density at radius 2 is 1.91 bits per heavy atom. The Kier molecular flexibility index (Phi) is 5.13. The molecule has 126 valence electrons. The smallest absolute Gasteiger partial charge is 0.242 e. The summed E-state index contributed by atoms with van der Waals surface area (Å²) in [5.41, 5.74) is -0.529. The Morgan fingerprint density at radius 3 is 2.57 bits per heavy atom. The first-order valence-electron chi connectivity index (χ1n) is 7.74. The van der Waals surface area contributed by atoms with E-state index >= 15 is 0 Å². The number of rotatable bonds is 4. The largest absolute Gasteiger partial charge is 0.486 e. The van der Waals surface area contributed by atoms with E-state index in [4.69, 9.17) is 9.47 Å². The van der Waals surface area contributed by atoms with Crippen LogP contribution in [0.5, 0.6) is 11.5 Å². The molecule has 0 spiro atoms. The first-order valence-corrected chi connectivity index (χ1v) is 7.74. The number of fused-ring (bicyclic) bond motifs is 1. The fraction of sp³-hybridized carbons (Fsp3) is 0.529. The number of hydrogen-bond acceptors (Lipinski definition) is 4. The van der Waals surface area contributed by atoms with E-state index in [0.29, 0.717) is 24.7 Å². The van der Waals surface area contributed by atoms with Gasteiger partial charge in [-0.2, -0.15) is 0 Å². The molecule has 1 aliphatic rings. The lowest BCUT2D eigenvalue weighted by Gasteiger charge is -2.27. The molecule has 1 aliphatic heterocycles. The second-order valence-electron chi connectivity index (χ2n) is 6.69. The molecule has 1 aromatic carbocycles. The first-order chi connectivity index (χ1) is 10.8. The molecule has 2 N–H and O–H groups in total. The summed E-state index contributed by atoms with van der Waals surface area (Å²) < 4.78 is 11.4. The summed E-state index contributed by atoms with van der Waals surface area (Å²) >= 11 is 0. The van der Waals surface area contributed by atoms with Crippen LogP contribution in [0, 0.1) is 5.41 Å². The molecule has 0 saturated heterocycles. The maximum absolute atomic E-state index is 12.1. The van der Waals surface area contributed by atoms with Crippen LogP contribution in [-0.2, 0) is 9.59 Å². The lowest BCUT2D eigenvalue weighted by molar-refractivity contribution is -0.133. The normalized spacial score (nSPS) is 18.0. The highest BCUT2D eigenvalue weighted by Gasteiger charge is 2.26. The van der Waals surface area contributed by atoms with Gasteiger partial charge in [-0.3, -0.25) is 9.59 Å². The molecular weight excluding hydrogens is 296 g/mol. The van der Waals surface area contributed by atoms with Gasteiger partial charge in [0.05, 0.1) is 6.54 Å². The van der Waals surface area contributed by atoms with E-state index in [1.54, 1.807) is 27.7 Å². The van der Waals surface area contributed by atoms with Crippen molar-refractivity contribution in [3.63, 3.8) is 0 Å². The molecule has 1 heterocycles. The second-order valence-corrected chi connectivity index (χ2v) is 6.69. The van der Waals surface area contributed by atoms with Crippen LogP contribution in [0.4, 0.5) is 0 Å². The van der Waals surface area contributed by atoms with Crippen LogP contribution in [0.15, 0.2) is 24.3 Å². The lowest BCUT2D eigenvalue weighted by Crippen LogP contribution is -2.50. The van der Waals surface area contributed by atoms with Gasteiger partial charge in [0.15, 0.2) is 11.5 Å². The molecule has 2 atom stereocenters. The molecule has 2 rings (SSSR count). The lowest BCUT2D eigenvalue weighted by atomic mass is 9.95. The number of carbonyl (C=O) groups is 2. The average Bonchev–Trinajstić information content (AvgIpc) is 2.51. The summed E-state index contributed by atoms with van der Waals surface area (Å²) in [4.78, 5) is 24.0. The van der Waals surface area contributed by atoms with E-state index in [0.717, 1.165) is 0 Å². The van der Waals surface area contributed by atoms with Crippen LogP contribution in [0.2, 0.25) is 0 Å². The number of hydrogen-bond donors (Lipinski definition) is 2. The minimum absolute atomic E-state index is 0.161. The third kappa shape index (κ3) is 4.61. The number of carbonyl (C=O) groups excluding carboxylic acids is 2. The fourth-order valence-corrected chi connectivity index (χ4v) is 2.01. The molecule has 2 amide bonds. The third-order valence-electron chi connectivity index (χ3n) is 3.49. The molecule has 0 saturated carbocycles. The van der Waals surface area contributed by atoms with Crippen molar-refractivity contribution in [1.29, 1.82) is 0 Å². The van der Waals surface area contributed by atoms with Gasteiger partial charge in [-0.1, -0.05) is 32.9 Å². The maximum Gasteiger partial charge on any atom is 0.242 e. The summed E-state index contributed by atoms with van der Waals surface area (Å²) in [6.07, 6.45) is -0.251. The van der Waals surface area contributed by atoms with Crippen LogP contribution in [0.1, 0.15) is 27.7 Å². The van der Waals surface area contributed by atoms with Crippen LogP contribution in [0.25, 0.3) is 0 Å².